The van der Waals surface area contributed by atoms with E-state index in [-0.39, 0.29) is 0 Å². The van der Waals surface area contributed by atoms with E-state index < -0.39 is 11.9 Å². The summed E-state index contributed by atoms with van der Waals surface area (Å²) in [5.41, 5.74) is 11.2. The topological polar surface area (TPSA) is 94.9 Å². The minimum atomic E-state index is -0.672. The molecule has 0 aliphatic rings. The lowest BCUT2D eigenvalue weighted by atomic mass is 10.1. The lowest BCUT2D eigenvalue weighted by Gasteiger charge is -2.06. The van der Waals surface area contributed by atoms with Gasteiger partial charge < -0.3 is 11.5 Å². The molecule has 70 valence electrons. The Bertz CT molecular complexity index is 313. The summed E-state index contributed by atoms with van der Waals surface area (Å²) >= 11 is 0. The maximum atomic E-state index is 10.6. The predicted molar refractivity (Wildman–Crippen MR) is 47.6 cm³/mol. The number of hydrogen-bond acceptors (Lipinski definition) is 4. The zero-order chi connectivity index (χ0) is 9.84. The molecule has 0 aromatic carbocycles. The van der Waals surface area contributed by atoms with Crippen LogP contribution in [0.4, 0.5) is 0 Å². The summed E-state index contributed by atoms with van der Waals surface area (Å²) in [6.45, 7) is 1.78. The second-order valence-electron chi connectivity index (χ2n) is 2.81. The van der Waals surface area contributed by atoms with Crippen LogP contribution < -0.4 is 11.5 Å². The van der Waals surface area contributed by atoms with Gasteiger partial charge in [0.05, 0.1) is 6.04 Å². The number of carbonyl (C=O) groups is 1. The van der Waals surface area contributed by atoms with E-state index in [2.05, 4.69) is 9.97 Å². The Morgan fingerprint density at radius 3 is 2.92 bits per heavy atom. The summed E-state index contributed by atoms with van der Waals surface area (Å²) in [5.74, 6) is 0.144. The van der Waals surface area contributed by atoms with Crippen LogP contribution >= 0.6 is 0 Å². The van der Waals surface area contributed by atoms with Gasteiger partial charge in [-0.25, -0.2) is 9.97 Å². The molecule has 0 saturated carbocycles. The Labute approximate surface area is 76.2 Å². The van der Waals surface area contributed by atoms with Crippen LogP contribution in [0.5, 0.6) is 0 Å². The number of aromatic nitrogens is 2. The number of aryl methyl sites for hydroxylation is 1. The fourth-order valence-corrected chi connectivity index (χ4v) is 0.945. The summed E-state index contributed by atoms with van der Waals surface area (Å²) in [7, 11) is 0. The monoisotopic (exact) mass is 180 g/mol. The van der Waals surface area contributed by atoms with Crippen molar-refractivity contribution < 1.29 is 4.79 Å². The molecule has 0 aliphatic carbocycles. The van der Waals surface area contributed by atoms with E-state index in [9.17, 15) is 4.79 Å². The first-order chi connectivity index (χ1) is 6.09. The van der Waals surface area contributed by atoms with Crippen LogP contribution in [0.1, 0.15) is 11.5 Å². The van der Waals surface area contributed by atoms with E-state index in [1.807, 2.05) is 0 Å². The predicted octanol–water partition coefficient (Wildman–Crippen LogP) is -0.860. The van der Waals surface area contributed by atoms with Gasteiger partial charge in [-0.2, -0.15) is 0 Å². The molecule has 0 radical (unpaired) electrons. The van der Waals surface area contributed by atoms with Crippen molar-refractivity contribution in [2.45, 2.75) is 19.4 Å². The van der Waals surface area contributed by atoms with Gasteiger partial charge in [0.25, 0.3) is 0 Å². The molecule has 1 aromatic heterocycles. The van der Waals surface area contributed by atoms with Crippen molar-refractivity contribution in [3.8, 4) is 0 Å². The maximum absolute atomic E-state index is 10.6. The minimum Gasteiger partial charge on any atom is -0.368 e. The van der Waals surface area contributed by atoms with E-state index in [1.165, 1.54) is 0 Å². The largest absolute Gasteiger partial charge is 0.368 e. The smallest absolute Gasteiger partial charge is 0.234 e. The van der Waals surface area contributed by atoms with Gasteiger partial charge in [0.2, 0.25) is 5.91 Å². The van der Waals surface area contributed by atoms with E-state index in [0.717, 1.165) is 5.69 Å². The third kappa shape index (κ3) is 2.79. The van der Waals surface area contributed by atoms with Crippen molar-refractivity contribution in [1.29, 1.82) is 0 Å². The van der Waals surface area contributed by atoms with Gasteiger partial charge in [0, 0.05) is 18.3 Å². The van der Waals surface area contributed by atoms with E-state index in [4.69, 9.17) is 11.5 Å². The Kier molecular flexibility index (Phi) is 2.92. The molecule has 1 aromatic rings. The zero-order valence-corrected chi connectivity index (χ0v) is 7.40. The van der Waals surface area contributed by atoms with Crippen molar-refractivity contribution in [2.75, 3.05) is 0 Å². The van der Waals surface area contributed by atoms with Crippen LogP contribution in [0.25, 0.3) is 0 Å². The Balaban J connectivity index is 2.69. The highest BCUT2D eigenvalue weighted by Gasteiger charge is 2.10. The van der Waals surface area contributed by atoms with Gasteiger partial charge in [0.1, 0.15) is 5.82 Å². The number of nitrogens with zero attached hydrogens (tertiary/aromatic N) is 2. The van der Waals surface area contributed by atoms with Crippen LogP contribution in [0.3, 0.4) is 0 Å². The zero-order valence-electron chi connectivity index (χ0n) is 7.40. The molecule has 0 fully saturated rings. The first-order valence-electron chi connectivity index (χ1n) is 3.93. The number of rotatable bonds is 3. The summed E-state index contributed by atoms with van der Waals surface area (Å²) < 4.78 is 0. The number of carbonyl (C=O) groups excluding carboxylic acids is 1. The van der Waals surface area contributed by atoms with Crippen LogP contribution in [-0.4, -0.2) is 21.9 Å². The summed E-state index contributed by atoms with van der Waals surface area (Å²) in [4.78, 5) is 18.7. The highest BCUT2D eigenvalue weighted by molar-refractivity contribution is 5.79. The average molecular weight is 180 g/mol. The molecule has 0 bridgehead atoms. The average Bonchev–Trinajstić information content (AvgIpc) is 2.04. The number of amides is 1. The molecule has 0 aliphatic heterocycles. The lowest BCUT2D eigenvalue weighted by Crippen LogP contribution is -2.38. The van der Waals surface area contributed by atoms with Gasteiger partial charge in [-0.3, -0.25) is 4.79 Å². The van der Waals surface area contributed by atoms with Crippen molar-refractivity contribution >= 4 is 5.91 Å². The second-order valence-corrected chi connectivity index (χ2v) is 2.81. The van der Waals surface area contributed by atoms with Crippen LogP contribution in [0.2, 0.25) is 0 Å². The van der Waals surface area contributed by atoms with Crippen molar-refractivity contribution in [1.82, 2.24) is 9.97 Å². The Morgan fingerprint density at radius 2 is 2.38 bits per heavy atom. The molecule has 5 nitrogen and oxygen atoms in total. The molecule has 1 atom stereocenters. The molecule has 0 saturated heterocycles. The molecule has 4 N–H and O–H groups in total. The SMILES string of the molecule is Cc1nccc(CC(N)C(N)=O)n1. The highest BCUT2D eigenvalue weighted by Crippen LogP contribution is 1.97. The molecule has 13 heavy (non-hydrogen) atoms. The molecule has 1 heterocycles. The quantitative estimate of drug-likeness (QED) is 0.632. The number of nitrogens with two attached hydrogens (primary N) is 2. The maximum Gasteiger partial charge on any atom is 0.234 e. The molecular weight excluding hydrogens is 168 g/mol. The number of hydrogen-bond donors (Lipinski definition) is 2. The molecular formula is C8H12N4O. The van der Waals surface area contributed by atoms with Gasteiger partial charge >= 0.3 is 0 Å². The van der Waals surface area contributed by atoms with Gasteiger partial charge in [-0.05, 0) is 13.0 Å². The Hall–Kier alpha value is -1.49. The van der Waals surface area contributed by atoms with Crippen LogP contribution in [0, 0.1) is 6.92 Å². The first-order valence-corrected chi connectivity index (χ1v) is 3.93. The van der Waals surface area contributed by atoms with Gasteiger partial charge in [-0.15, -0.1) is 0 Å². The third-order valence-corrected chi connectivity index (χ3v) is 1.63. The first kappa shape index (κ1) is 9.60. The van der Waals surface area contributed by atoms with E-state index in [1.54, 1.807) is 19.2 Å². The highest BCUT2D eigenvalue weighted by atomic mass is 16.1. The standard InChI is InChI=1S/C8H12N4O/c1-5-11-3-2-6(12-5)4-7(9)8(10)13/h2-3,7H,4,9H2,1H3,(H2,10,13). The van der Waals surface area contributed by atoms with Crippen molar-refractivity contribution in [3.05, 3.63) is 23.8 Å². The normalized spacial score (nSPS) is 12.5. The molecule has 1 rings (SSSR count). The van der Waals surface area contributed by atoms with Crippen LogP contribution in [-0.2, 0) is 11.2 Å². The lowest BCUT2D eigenvalue weighted by molar-refractivity contribution is -0.119. The molecule has 5 heteroatoms. The molecule has 0 spiro atoms. The van der Waals surface area contributed by atoms with Gasteiger partial charge in [0.15, 0.2) is 0 Å². The fourth-order valence-electron chi connectivity index (χ4n) is 0.945. The minimum absolute atomic E-state index is 0.360. The Morgan fingerprint density at radius 1 is 1.69 bits per heavy atom. The third-order valence-electron chi connectivity index (χ3n) is 1.63. The summed E-state index contributed by atoms with van der Waals surface area (Å²) in [5, 5.41) is 0. The van der Waals surface area contributed by atoms with Crippen LogP contribution in [0.15, 0.2) is 12.3 Å². The van der Waals surface area contributed by atoms with Crippen molar-refractivity contribution in [2.24, 2.45) is 11.5 Å². The van der Waals surface area contributed by atoms with E-state index in [0.29, 0.717) is 12.2 Å². The fraction of sp³-hybridized carbons (Fsp3) is 0.375. The van der Waals surface area contributed by atoms with Gasteiger partial charge in [-0.1, -0.05) is 0 Å². The summed E-state index contributed by atoms with van der Waals surface area (Å²) in [6, 6.07) is 1.05. The summed E-state index contributed by atoms with van der Waals surface area (Å²) in [6.07, 6.45) is 1.99. The second kappa shape index (κ2) is 3.95. The number of primary amides is 1. The van der Waals surface area contributed by atoms with Crippen molar-refractivity contribution in [3.63, 3.8) is 0 Å². The molecule has 1 amide bonds. The van der Waals surface area contributed by atoms with E-state index >= 15 is 0 Å². The molecule has 1 unspecified atom stereocenters.